The minimum absolute atomic E-state index is 0.0690. The van der Waals surface area contributed by atoms with E-state index in [4.69, 9.17) is 4.74 Å². The van der Waals surface area contributed by atoms with Crippen LogP contribution in [0.2, 0.25) is 0 Å². The van der Waals surface area contributed by atoms with Crippen LogP contribution in [0.3, 0.4) is 0 Å². The fourth-order valence-electron chi connectivity index (χ4n) is 3.15. The van der Waals surface area contributed by atoms with Crippen molar-refractivity contribution in [2.75, 3.05) is 11.1 Å². The summed E-state index contributed by atoms with van der Waals surface area (Å²) in [5, 5.41) is 2.89. The van der Waals surface area contributed by atoms with E-state index in [2.05, 4.69) is 10.3 Å². The van der Waals surface area contributed by atoms with Gasteiger partial charge in [-0.05, 0) is 61.9 Å². The van der Waals surface area contributed by atoms with Gasteiger partial charge < -0.3 is 10.1 Å². The largest absolute Gasteiger partial charge is 0.487 e. The van der Waals surface area contributed by atoms with E-state index in [-0.39, 0.29) is 18.1 Å². The van der Waals surface area contributed by atoms with Gasteiger partial charge in [0.1, 0.15) is 18.0 Å². The second kappa shape index (κ2) is 9.70. The van der Waals surface area contributed by atoms with Gasteiger partial charge in [-0.15, -0.1) is 11.8 Å². The Hall–Kier alpha value is -3.58. The number of nitrogens with zero attached hydrogens (tertiary/aromatic N) is 2. The highest BCUT2D eigenvalue weighted by Crippen LogP contribution is 2.20. The maximum atomic E-state index is 12.3. The number of fused-ring (bicyclic) bond motifs is 1. The summed E-state index contributed by atoms with van der Waals surface area (Å²) >= 11 is 1.50. The molecule has 2 aromatic carbocycles. The van der Waals surface area contributed by atoms with Crippen LogP contribution < -0.4 is 15.6 Å². The van der Waals surface area contributed by atoms with Crippen LogP contribution in [0, 0.1) is 13.8 Å². The lowest BCUT2D eigenvalue weighted by Gasteiger charge is -2.09. The van der Waals surface area contributed by atoms with Gasteiger partial charge in [0.15, 0.2) is 0 Å². The first-order valence-corrected chi connectivity index (χ1v) is 11.2. The Balaban J connectivity index is 1.32. The van der Waals surface area contributed by atoms with E-state index in [1.165, 1.54) is 27.8 Å². The fraction of sp³-hybridized carbons (Fsp3) is 0.160. The molecule has 0 saturated heterocycles. The van der Waals surface area contributed by atoms with E-state index >= 15 is 0 Å². The number of nitrogens with one attached hydrogen (secondary N) is 1. The lowest BCUT2D eigenvalue weighted by atomic mass is 10.2. The first-order chi connectivity index (χ1) is 15.5. The minimum Gasteiger partial charge on any atom is -0.487 e. The summed E-state index contributed by atoms with van der Waals surface area (Å²) < 4.78 is 7.30. The molecule has 1 N–H and O–H groups in total. The maximum Gasteiger partial charge on any atom is 0.258 e. The van der Waals surface area contributed by atoms with Crippen LogP contribution in [-0.2, 0) is 11.4 Å². The number of hydrogen-bond acceptors (Lipinski definition) is 5. The van der Waals surface area contributed by atoms with Gasteiger partial charge in [0.25, 0.3) is 5.56 Å². The van der Waals surface area contributed by atoms with E-state index in [0.29, 0.717) is 28.5 Å². The Morgan fingerprint density at radius 1 is 1.06 bits per heavy atom. The first kappa shape index (κ1) is 21.6. The molecule has 0 radical (unpaired) electrons. The van der Waals surface area contributed by atoms with Gasteiger partial charge in [0.2, 0.25) is 5.91 Å². The SMILES string of the molecule is Cc1ccc(SCC(=O)Nc2ccc(OCc3cc(=O)n4cccc(C)c4n3)cc2)cc1. The number of amides is 1. The van der Waals surface area contributed by atoms with Crippen molar-refractivity contribution in [3.63, 3.8) is 0 Å². The van der Waals surface area contributed by atoms with Crippen molar-refractivity contribution < 1.29 is 9.53 Å². The van der Waals surface area contributed by atoms with E-state index in [1.54, 1.807) is 30.5 Å². The Labute approximate surface area is 190 Å². The molecule has 0 aliphatic heterocycles. The molecule has 4 aromatic rings. The smallest absolute Gasteiger partial charge is 0.258 e. The standard InChI is InChI=1S/C25H23N3O3S/c1-17-5-11-22(12-6-17)32-16-23(29)26-19-7-9-21(10-8-19)31-15-20-14-24(30)28-13-3-4-18(2)25(28)27-20/h3-14H,15-16H2,1-2H3,(H,26,29). The summed E-state index contributed by atoms with van der Waals surface area (Å²) in [6.07, 6.45) is 1.70. The van der Waals surface area contributed by atoms with Gasteiger partial charge >= 0.3 is 0 Å². The van der Waals surface area contributed by atoms with Crippen LogP contribution >= 0.6 is 11.8 Å². The van der Waals surface area contributed by atoms with Crippen LogP contribution in [0.4, 0.5) is 5.69 Å². The molecule has 0 aliphatic carbocycles. The van der Waals surface area contributed by atoms with E-state index < -0.39 is 0 Å². The molecule has 1 amide bonds. The molecule has 6 nitrogen and oxygen atoms in total. The van der Waals surface area contributed by atoms with Crippen molar-refractivity contribution in [2.24, 2.45) is 0 Å². The first-order valence-electron chi connectivity index (χ1n) is 10.2. The molecule has 162 valence electrons. The van der Waals surface area contributed by atoms with Gasteiger partial charge in [0.05, 0.1) is 11.4 Å². The van der Waals surface area contributed by atoms with Crippen LogP contribution in [0.25, 0.3) is 5.65 Å². The number of ether oxygens (including phenoxy) is 1. The molecule has 2 heterocycles. The van der Waals surface area contributed by atoms with Crippen LogP contribution in [0.5, 0.6) is 5.75 Å². The third-order valence-corrected chi connectivity index (χ3v) is 5.87. The Morgan fingerprint density at radius 3 is 2.56 bits per heavy atom. The van der Waals surface area contributed by atoms with E-state index in [0.717, 1.165) is 10.5 Å². The van der Waals surface area contributed by atoms with Crippen LogP contribution in [0.15, 0.2) is 82.6 Å². The second-order valence-electron chi connectivity index (χ2n) is 7.43. The lowest BCUT2D eigenvalue weighted by molar-refractivity contribution is -0.113. The zero-order valence-corrected chi connectivity index (χ0v) is 18.7. The van der Waals surface area contributed by atoms with Crippen molar-refractivity contribution in [1.29, 1.82) is 0 Å². The normalized spacial score (nSPS) is 10.8. The Morgan fingerprint density at radius 2 is 1.81 bits per heavy atom. The van der Waals surface area contributed by atoms with Crippen LogP contribution in [0.1, 0.15) is 16.8 Å². The van der Waals surface area contributed by atoms with Crippen molar-refractivity contribution in [1.82, 2.24) is 9.38 Å². The number of pyridine rings is 1. The van der Waals surface area contributed by atoms with Gasteiger partial charge in [-0.3, -0.25) is 14.0 Å². The molecule has 0 spiro atoms. The van der Waals surface area contributed by atoms with Gasteiger partial charge in [-0.2, -0.15) is 0 Å². The number of aryl methyl sites for hydroxylation is 2. The lowest BCUT2D eigenvalue weighted by Crippen LogP contribution is -2.17. The van der Waals surface area contributed by atoms with E-state index in [9.17, 15) is 9.59 Å². The fourth-order valence-corrected chi connectivity index (χ4v) is 3.85. The van der Waals surface area contributed by atoms with Gasteiger partial charge in [-0.1, -0.05) is 23.8 Å². The van der Waals surface area contributed by atoms with Crippen molar-refractivity contribution >= 4 is 29.0 Å². The highest BCUT2D eigenvalue weighted by atomic mass is 32.2. The second-order valence-corrected chi connectivity index (χ2v) is 8.48. The van der Waals surface area contributed by atoms with Gasteiger partial charge in [-0.25, -0.2) is 4.98 Å². The number of benzene rings is 2. The molecule has 0 bridgehead atoms. The Kier molecular flexibility index (Phi) is 6.56. The predicted molar refractivity (Wildman–Crippen MR) is 128 cm³/mol. The van der Waals surface area contributed by atoms with Gasteiger partial charge in [0, 0.05) is 22.8 Å². The average Bonchev–Trinajstić information content (AvgIpc) is 2.79. The number of thioether (sulfide) groups is 1. The number of carbonyl (C=O) groups is 1. The highest BCUT2D eigenvalue weighted by Gasteiger charge is 2.07. The average molecular weight is 446 g/mol. The molecular formula is C25H23N3O3S. The minimum atomic E-state index is -0.140. The number of carbonyl (C=O) groups excluding carboxylic acids is 1. The molecule has 0 atom stereocenters. The summed E-state index contributed by atoms with van der Waals surface area (Å²) in [5.41, 5.74) is 3.87. The summed E-state index contributed by atoms with van der Waals surface area (Å²) in [5.74, 6) is 0.897. The monoisotopic (exact) mass is 445 g/mol. The zero-order valence-electron chi connectivity index (χ0n) is 17.9. The summed E-state index contributed by atoms with van der Waals surface area (Å²) in [4.78, 5) is 30.1. The third kappa shape index (κ3) is 5.36. The molecule has 0 saturated carbocycles. The summed E-state index contributed by atoms with van der Waals surface area (Å²) in [6, 6.07) is 20.4. The number of hydrogen-bond donors (Lipinski definition) is 1. The molecule has 32 heavy (non-hydrogen) atoms. The number of anilines is 1. The number of rotatable bonds is 7. The van der Waals surface area contributed by atoms with E-state index in [1.807, 2.05) is 50.2 Å². The maximum absolute atomic E-state index is 12.3. The molecule has 0 aliphatic rings. The quantitative estimate of drug-likeness (QED) is 0.420. The predicted octanol–water partition coefficient (Wildman–Crippen LogP) is 4.62. The zero-order chi connectivity index (χ0) is 22.5. The molecular weight excluding hydrogens is 422 g/mol. The van der Waals surface area contributed by atoms with Crippen molar-refractivity contribution in [3.05, 3.63) is 100 Å². The molecule has 0 fully saturated rings. The molecule has 0 unspecified atom stereocenters. The van der Waals surface area contributed by atoms with Crippen molar-refractivity contribution in [2.45, 2.75) is 25.3 Å². The summed E-state index contributed by atoms with van der Waals surface area (Å²) in [7, 11) is 0. The third-order valence-electron chi connectivity index (χ3n) is 4.85. The topological polar surface area (TPSA) is 72.7 Å². The number of aromatic nitrogens is 2. The molecule has 4 rings (SSSR count). The Bertz CT molecular complexity index is 1300. The molecule has 7 heteroatoms. The van der Waals surface area contributed by atoms with Crippen molar-refractivity contribution in [3.8, 4) is 5.75 Å². The molecule has 2 aromatic heterocycles. The van der Waals surface area contributed by atoms with Crippen LogP contribution in [-0.4, -0.2) is 21.0 Å². The highest BCUT2D eigenvalue weighted by molar-refractivity contribution is 8.00. The summed E-state index contributed by atoms with van der Waals surface area (Å²) in [6.45, 7) is 4.13.